The minimum absolute atomic E-state index is 0.0478. The highest BCUT2D eigenvalue weighted by Gasteiger charge is 2.26. The number of hydrogen-bond donors (Lipinski definition) is 0. The predicted octanol–water partition coefficient (Wildman–Crippen LogP) is 2.96. The molecule has 0 N–H and O–H groups in total. The molecule has 4 heteroatoms. The van der Waals surface area contributed by atoms with E-state index in [2.05, 4.69) is 0 Å². The Morgan fingerprint density at radius 3 is 2.42 bits per heavy atom. The zero-order valence-electron chi connectivity index (χ0n) is 7.32. The lowest BCUT2D eigenvalue weighted by molar-refractivity contribution is -0.101. The highest BCUT2D eigenvalue weighted by atomic mass is 19.4. The van der Waals surface area contributed by atoms with Crippen LogP contribution in [0.25, 0.3) is 0 Å². The van der Waals surface area contributed by atoms with Gasteiger partial charge < -0.3 is 4.74 Å². The van der Waals surface area contributed by atoms with Crippen LogP contribution in [0.1, 0.15) is 26.7 Å². The molecular formula is C8H14F3O. The first-order valence-corrected chi connectivity index (χ1v) is 3.98. The first kappa shape index (κ1) is 11.8. The van der Waals surface area contributed by atoms with Crippen molar-refractivity contribution in [3.63, 3.8) is 0 Å². The van der Waals surface area contributed by atoms with Crippen LogP contribution in [0.4, 0.5) is 13.2 Å². The molecule has 0 saturated heterocycles. The van der Waals surface area contributed by atoms with Gasteiger partial charge in [-0.1, -0.05) is 6.92 Å². The van der Waals surface area contributed by atoms with Crippen LogP contribution in [0.15, 0.2) is 0 Å². The van der Waals surface area contributed by atoms with Gasteiger partial charge in [0.2, 0.25) is 0 Å². The summed E-state index contributed by atoms with van der Waals surface area (Å²) in [5.74, 6) is 0. The number of ether oxygens (including phenoxy) is 1. The SMILES string of the molecule is CCC(C)OCC[CH]C(F)(F)F. The maximum Gasteiger partial charge on any atom is 0.392 e. The van der Waals surface area contributed by atoms with Crippen molar-refractivity contribution in [3.8, 4) is 0 Å². The molecule has 0 aliphatic carbocycles. The fraction of sp³-hybridized carbons (Fsp3) is 0.875. The second kappa shape index (κ2) is 5.41. The van der Waals surface area contributed by atoms with E-state index in [1.54, 1.807) is 0 Å². The summed E-state index contributed by atoms with van der Waals surface area (Å²) < 4.78 is 39.7. The van der Waals surface area contributed by atoms with Gasteiger partial charge in [0.25, 0.3) is 0 Å². The Balaban J connectivity index is 3.22. The summed E-state index contributed by atoms with van der Waals surface area (Å²) in [6.45, 7) is 3.92. The number of halogens is 3. The van der Waals surface area contributed by atoms with Crippen LogP contribution in [-0.4, -0.2) is 18.9 Å². The molecule has 0 aliphatic rings. The molecule has 0 heterocycles. The summed E-state index contributed by atoms with van der Waals surface area (Å²) in [4.78, 5) is 0. The van der Waals surface area contributed by atoms with E-state index in [1.807, 2.05) is 13.8 Å². The van der Waals surface area contributed by atoms with Gasteiger partial charge >= 0.3 is 6.18 Å². The summed E-state index contributed by atoms with van der Waals surface area (Å²) in [6.07, 6.45) is -3.04. The van der Waals surface area contributed by atoms with E-state index in [-0.39, 0.29) is 19.1 Å². The van der Waals surface area contributed by atoms with Gasteiger partial charge in [0.1, 0.15) is 0 Å². The van der Waals surface area contributed by atoms with Gasteiger partial charge in [-0.2, -0.15) is 13.2 Å². The van der Waals surface area contributed by atoms with Gasteiger partial charge in [-0.25, -0.2) is 0 Å². The molecule has 0 aromatic rings. The molecule has 12 heavy (non-hydrogen) atoms. The van der Waals surface area contributed by atoms with Gasteiger partial charge in [0.15, 0.2) is 0 Å². The molecule has 1 radical (unpaired) electrons. The third kappa shape index (κ3) is 7.85. The standard InChI is InChI=1S/C8H14F3O/c1-3-7(2)12-6-4-5-8(9,10)11/h5,7H,3-4,6H2,1-2H3. The van der Waals surface area contributed by atoms with Crippen molar-refractivity contribution in [1.82, 2.24) is 0 Å². The van der Waals surface area contributed by atoms with E-state index in [0.29, 0.717) is 6.42 Å². The number of alkyl halides is 3. The molecule has 0 bridgehead atoms. The van der Waals surface area contributed by atoms with Crippen LogP contribution in [0, 0.1) is 6.42 Å². The van der Waals surface area contributed by atoms with E-state index in [1.165, 1.54) is 0 Å². The molecule has 0 amide bonds. The topological polar surface area (TPSA) is 9.23 Å². The zero-order chi connectivity index (χ0) is 9.61. The maximum atomic E-state index is 11.6. The largest absolute Gasteiger partial charge is 0.392 e. The third-order valence-corrected chi connectivity index (χ3v) is 1.47. The summed E-state index contributed by atoms with van der Waals surface area (Å²) in [5, 5.41) is 0. The lowest BCUT2D eigenvalue weighted by Gasteiger charge is -2.10. The van der Waals surface area contributed by atoms with E-state index >= 15 is 0 Å². The first-order chi connectivity index (χ1) is 5.45. The summed E-state index contributed by atoms with van der Waals surface area (Å²) in [7, 11) is 0. The number of rotatable bonds is 5. The van der Waals surface area contributed by atoms with Crippen molar-refractivity contribution in [2.45, 2.75) is 39.0 Å². The zero-order valence-corrected chi connectivity index (χ0v) is 7.32. The van der Waals surface area contributed by atoms with Crippen LogP contribution in [0.3, 0.4) is 0 Å². The van der Waals surface area contributed by atoms with Crippen molar-refractivity contribution >= 4 is 0 Å². The van der Waals surface area contributed by atoms with Crippen LogP contribution < -0.4 is 0 Å². The molecule has 0 saturated carbocycles. The minimum Gasteiger partial charge on any atom is -0.379 e. The van der Waals surface area contributed by atoms with Gasteiger partial charge in [0, 0.05) is 6.61 Å². The van der Waals surface area contributed by atoms with E-state index < -0.39 is 6.18 Å². The second-order valence-corrected chi connectivity index (χ2v) is 2.62. The van der Waals surface area contributed by atoms with Crippen molar-refractivity contribution in [3.05, 3.63) is 6.42 Å². The lowest BCUT2D eigenvalue weighted by Crippen LogP contribution is -2.12. The molecule has 1 unspecified atom stereocenters. The van der Waals surface area contributed by atoms with E-state index in [0.717, 1.165) is 6.42 Å². The molecule has 0 rings (SSSR count). The number of hydrogen-bond acceptors (Lipinski definition) is 1. The second-order valence-electron chi connectivity index (χ2n) is 2.62. The van der Waals surface area contributed by atoms with Crippen molar-refractivity contribution in [2.75, 3.05) is 6.61 Å². The fourth-order valence-corrected chi connectivity index (χ4v) is 0.610. The van der Waals surface area contributed by atoms with Gasteiger partial charge in [0.05, 0.1) is 12.5 Å². The maximum absolute atomic E-state index is 11.6. The van der Waals surface area contributed by atoms with Crippen LogP contribution in [-0.2, 0) is 4.74 Å². The Bertz CT molecular complexity index is 111. The molecule has 0 aromatic carbocycles. The smallest absolute Gasteiger partial charge is 0.379 e. The average molecular weight is 183 g/mol. The summed E-state index contributed by atoms with van der Waals surface area (Å²) in [5.41, 5.74) is 0. The highest BCUT2D eigenvalue weighted by Crippen LogP contribution is 2.20. The molecule has 0 aliphatic heterocycles. The average Bonchev–Trinajstić information content (AvgIpc) is 1.96. The molecular weight excluding hydrogens is 169 g/mol. The molecule has 1 atom stereocenters. The Morgan fingerprint density at radius 2 is 2.00 bits per heavy atom. The van der Waals surface area contributed by atoms with Crippen LogP contribution in [0.5, 0.6) is 0 Å². The molecule has 1 nitrogen and oxygen atoms in total. The van der Waals surface area contributed by atoms with Gasteiger partial charge in [-0.3, -0.25) is 0 Å². The summed E-state index contributed by atoms with van der Waals surface area (Å²) in [6, 6.07) is 0. The highest BCUT2D eigenvalue weighted by molar-refractivity contribution is 4.73. The Labute approximate surface area is 70.9 Å². The molecule has 0 aromatic heterocycles. The van der Waals surface area contributed by atoms with Gasteiger partial charge in [-0.05, 0) is 19.8 Å². The molecule has 0 fully saturated rings. The van der Waals surface area contributed by atoms with E-state index in [4.69, 9.17) is 4.74 Å². The summed E-state index contributed by atoms with van der Waals surface area (Å²) >= 11 is 0. The monoisotopic (exact) mass is 183 g/mol. The quantitative estimate of drug-likeness (QED) is 0.595. The van der Waals surface area contributed by atoms with Gasteiger partial charge in [-0.15, -0.1) is 0 Å². The normalized spacial score (nSPS) is 14.8. The van der Waals surface area contributed by atoms with Crippen LogP contribution in [0.2, 0.25) is 0 Å². The van der Waals surface area contributed by atoms with E-state index in [9.17, 15) is 13.2 Å². The van der Waals surface area contributed by atoms with Crippen molar-refractivity contribution in [2.24, 2.45) is 0 Å². The molecule has 0 spiro atoms. The fourth-order valence-electron chi connectivity index (χ4n) is 0.610. The van der Waals surface area contributed by atoms with Crippen molar-refractivity contribution < 1.29 is 17.9 Å². The first-order valence-electron chi connectivity index (χ1n) is 3.98. The van der Waals surface area contributed by atoms with Crippen molar-refractivity contribution in [1.29, 1.82) is 0 Å². The Kier molecular flexibility index (Phi) is 5.29. The minimum atomic E-state index is -4.17. The third-order valence-electron chi connectivity index (χ3n) is 1.47. The van der Waals surface area contributed by atoms with Crippen LogP contribution >= 0.6 is 0 Å². The molecule has 73 valence electrons. The lowest BCUT2D eigenvalue weighted by atomic mass is 10.3. The Hall–Kier alpha value is -0.250. The Morgan fingerprint density at radius 1 is 1.42 bits per heavy atom. The predicted molar refractivity (Wildman–Crippen MR) is 40.7 cm³/mol.